The highest BCUT2D eigenvalue weighted by atomic mass is 35.5. The molecule has 0 bridgehead atoms. The average molecular weight is 317 g/mol. The van der Waals surface area contributed by atoms with E-state index in [-0.39, 0.29) is 0 Å². The van der Waals surface area contributed by atoms with Gasteiger partial charge in [0.05, 0.1) is 20.8 Å². The smallest absolute Gasteiger partial charge is 0.149 e. The van der Waals surface area contributed by atoms with Crippen LogP contribution in [0.3, 0.4) is 0 Å². The SMILES string of the molecule is Nc1nn(-c2cc(Cl)c(Cl)cc2Cl)c2c1CCCC2. The Morgan fingerprint density at radius 3 is 2.47 bits per heavy atom. The molecule has 0 spiro atoms. The molecule has 1 aliphatic carbocycles. The highest BCUT2D eigenvalue weighted by molar-refractivity contribution is 6.43. The average Bonchev–Trinajstić information content (AvgIpc) is 2.72. The minimum atomic E-state index is 0.435. The van der Waals surface area contributed by atoms with Crippen molar-refractivity contribution < 1.29 is 0 Å². The van der Waals surface area contributed by atoms with Crippen LogP contribution in [0, 0.1) is 0 Å². The molecule has 0 saturated heterocycles. The predicted octanol–water partition coefficient (Wildman–Crippen LogP) is 4.29. The maximum Gasteiger partial charge on any atom is 0.149 e. The number of nitrogen functional groups attached to an aromatic ring is 1. The molecule has 6 heteroatoms. The fourth-order valence-corrected chi connectivity index (χ4v) is 3.12. The van der Waals surface area contributed by atoms with E-state index in [1.54, 1.807) is 16.8 Å². The molecule has 0 saturated carbocycles. The number of hydrogen-bond acceptors (Lipinski definition) is 2. The number of fused-ring (bicyclic) bond motifs is 1. The van der Waals surface area contributed by atoms with Crippen LogP contribution in [0.1, 0.15) is 24.1 Å². The summed E-state index contributed by atoms with van der Waals surface area (Å²) in [7, 11) is 0. The third kappa shape index (κ3) is 2.20. The molecule has 2 N–H and O–H groups in total. The van der Waals surface area contributed by atoms with Crippen LogP contribution in [-0.2, 0) is 12.8 Å². The Hall–Kier alpha value is -0.900. The Kier molecular flexibility index (Phi) is 3.37. The lowest BCUT2D eigenvalue weighted by Crippen LogP contribution is -2.08. The van der Waals surface area contributed by atoms with Crippen molar-refractivity contribution in [3.63, 3.8) is 0 Å². The largest absolute Gasteiger partial charge is 0.382 e. The lowest BCUT2D eigenvalue weighted by Gasteiger charge is -2.15. The number of nitrogens with zero attached hydrogens (tertiary/aromatic N) is 2. The molecule has 3 rings (SSSR count). The van der Waals surface area contributed by atoms with E-state index in [4.69, 9.17) is 40.5 Å². The first-order valence-corrected chi connectivity index (χ1v) is 7.22. The van der Waals surface area contributed by atoms with E-state index in [9.17, 15) is 0 Å². The van der Waals surface area contributed by atoms with Crippen LogP contribution >= 0.6 is 34.8 Å². The monoisotopic (exact) mass is 315 g/mol. The van der Waals surface area contributed by atoms with E-state index in [1.807, 2.05) is 0 Å². The molecule has 0 unspecified atom stereocenters. The van der Waals surface area contributed by atoms with Crippen LogP contribution in [0.25, 0.3) is 5.69 Å². The Morgan fingerprint density at radius 2 is 1.68 bits per heavy atom. The fraction of sp³-hybridized carbons (Fsp3) is 0.308. The van der Waals surface area contributed by atoms with Gasteiger partial charge in [0.25, 0.3) is 0 Å². The Labute approximate surface area is 126 Å². The second-order valence-corrected chi connectivity index (χ2v) is 5.87. The molecule has 2 aromatic rings. The summed E-state index contributed by atoms with van der Waals surface area (Å²) in [6.45, 7) is 0. The van der Waals surface area contributed by atoms with Crippen molar-refractivity contribution in [1.29, 1.82) is 0 Å². The highest BCUT2D eigenvalue weighted by Crippen LogP contribution is 2.34. The quantitative estimate of drug-likeness (QED) is 0.797. The van der Waals surface area contributed by atoms with Crippen molar-refractivity contribution in [3.05, 3.63) is 38.5 Å². The molecule has 0 atom stereocenters. The van der Waals surface area contributed by atoms with E-state index in [2.05, 4.69) is 5.10 Å². The van der Waals surface area contributed by atoms with Crippen LogP contribution in [0.4, 0.5) is 5.82 Å². The second kappa shape index (κ2) is 4.89. The van der Waals surface area contributed by atoms with Crippen LogP contribution < -0.4 is 5.73 Å². The number of nitrogens with two attached hydrogens (primary N) is 1. The van der Waals surface area contributed by atoms with Crippen LogP contribution in [-0.4, -0.2) is 9.78 Å². The van der Waals surface area contributed by atoms with E-state index in [0.29, 0.717) is 20.9 Å². The molecule has 0 fully saturated rings. The van der Waals surface area contributed by atoms with Crippen LogP contribution in [0.5, 0.6) is 0 Å². The molecule has 19 heavy (non-hydrogen) atoms. The number of hydrogen-bond donors (Lipinski definition) is 1. The molecule has 1 aromatic carbocycles. The fourth-order valence-electron chi connectivity index (χ4n) is 2.50. The molecule has 1 aromatic heterocycles. The zero-order chi connectivity index (χ0) is 13.6. The molecular weight excluding hydrogens is 305 g/mol. The van der Waals surface area contributed by atoms with Gasteiger partial charge in [0, 0.05) is 11.3 Å². The minimum absolute atomic E-state index is 0.435. The van der Waals surface area contributed by atoms with E-state index in [0.717, 1.165) is 42.6 Å². The maximum absolute atomic E-state index is 6.24. The first-order chi connectivity index (χ1) is 9.08. The number of anilines is 1. The summed E-state index contributed by atoms with van der Waals surface area (Å²) in [6.07, 6.45) is 4.21. The standard InChI is InChI=1S/C13H12Cl3N3/c14-8-5-10(16)12(6-9(8)15)19-11-4-2-1-3-7(11)13(17)18-19/h5-6H,1-4H2,(H2,17,18). The topological polar surface area (TPSA) is 43.8 Å². The molecule has 1 heterocycles. The van der Waals surface area contributed by atoms with E-state index >= 15 is 0 Å². The number of benzene rings is 1. The van der Waals surface area contributed by atoms with Gasteiger partial charge in [-0.15, -0.1) is 0 Å². The maximum atomic E-state index is 6.24. The summed E-state index contributed by atoms with van der Waals surface area (Å²) in [5.74, 6) is 0.580. The lowest BCUT2D eigenvalue weighted by atomic mass is 9.97. The third-order valence-electron chi connectivity index (χ3n) is 3.43. The second-order valence-electron chi connectivity index (χ2n) is 4.65. The van der Waals surface area contributed by atoms with Crippen molar-refractivity contribution in [2.24, 2.45) is 0 Å². The summed E-state index contributed by atoms with van der Waals surface area (Å²) in [4.78, 5) is 0. The number of rotatable bonds is 1. The first kappa shape index (κ1) is 13.1. The summed E-state index contributed by atoms with van der Waals surface area (Å²) < 4.78 is 1.80. The minimum Gasteiger partial charge on any atom is -0.382 e. The number of aromatic nitrogens is 2. The van der Waals surface area contributed by atoms with Crippen LogP contribution in [0.2, 0.25) is 15.1 Å². The van der Waals surface area contributed by atoms with Gasteiger partial charge in [0.2, 0.25) is 0 Å². The van der Waals surface area contributed by atoms with Crippen molar-refractivity contribution in [2.75, 3.05) is 5.73 Å². The highest BCUT2D eigenvalue weighted by Gasteiger charge is 2.21. The zero-order valence-electron chi connectivity index (χ0n) is 10.1. The van der Waals surface area contributed by atoms with Gasteiger partial charge >= 0.3 is 0 Å². The molecule has 0 aliphatic heterocycles. The van der Waals surface area contributed by atoms with E-state index in [1.165, 1.54) is 0 Å². The first-order valence-electron chi connectivity index (χ1n) is 6.09. The molecular formula is C13H12Cl3N3. The summed E-state index contributed by atoms with van der Waals surface area (Å²) in [5, 5.41) is 5.81. The Balaban J connectivity index is 2.20. The molecule has 3 nitrogen and oxygen atoms in total. The van der Waals surface area contributed by atoms with Crippen molar-refractivity contribution in [2.45, 2.75) is 25.7 Å². The Morgan fingerprint density at radius 1 is 1.00 bits per heavy atom. The third-order valence-corrected chi connectivity index (χ3v) is 4.45. The summed E-state index contributed by atoms with van der Waals surface area (Å²) >= 11 is 18.3. The van der Waals surface area contributed by atoms with Crippen molar-refractivity contribution in [1.82, 2.24) is 9.78 Å². The summed E-state index contributed by atoms with van der Waals surface area (Å²) in [5.41, 5.74) is 8.97. The molecule has 100 valence electrons. The van der Waals surface area contributed by atoms with Gasteiger partial charge in [-0.05, 0) is 37.8 Å². The van der Waals surface area contributed by atoms with Gasteiger partial charge in [0.1, 0.15) is 5.82 Å². The van der Waals surface area contributed by atoms with Crippen molar-refractivity contribution in [3.8, 4) is 5.69 Å². The zero-order valence-corrected chi connectivity index (χ0v) is 12.4. The van der Waals surface area contributed by atoms with Gasteiger partial charge in [-0.1, -0.05) is 34.8 Å². The molecule has 1 aliphatic rings. The Bertz CT molecular complexity index is 649. The molecule has 0 radical (unpaired) electrons. The van der Waals surface area contributed by atoms with E-state index < -0.39 is 0 Å². The van der Waals surface area contributed by atoms with Gasteiger partial charge in [0.15, 0.2) is 0 Å². The van der Waals surface area contributed by atoms with Crippen LogP contribution in [0.15, 0.2) is 12.1 Å². The van der Waals surface area contributed by atoms with Gasteiger partial charge in [-0.2, -0.15) is 5.10 Å². The van der Waals surface area contributed by atoms with Gasteiger partial charge in [-0.25, -0.2) is 4.68 Å². The van der Waals surface area contributed by atoms with Crippen molar-refractivity contribution >= 4 is 40.6 Å². The predicted molar refractivity (Wildman–Crippen MR) is 79.6 cm³/mol. The summed E-state index contributed by atoms with van der Waals surface area (Å²) in [6, 6.07) is 3.36. The lowest BCUT2D eigenvalue weighted by molar-refractivity contribution is 0.653. The number of halogens is 3. The van der Waals surface area contributed by atoms with Gasteiger partial charge in [-0.3, -0.25) is 0 Å². The van der Waals surface area contributed by atoms with Gasteiger partial charge < -0.3 is 5.73 Å². The molecule has 0 amide bonds. The normalized spacial score (nSPS) is 14.5.